The number of hydrogen-bond acceptors (Lipinski definition) is 3. The van der Waals surface area contributed by atoms with E-state index >= 15 is 0 Å². The van der Waals surface area contributed by atoms with E-state index in [-0.39, 0.29) is 18.2 Å². The molecule has 0 atom stereocenters. The van der Waals surface area contributed by atoms with Gasteiger partial charge in [0.2, 0.25) is 5.91 Å². The molecule has 0 aliphatic carbocycles. The monoisotopic (exact) mass is 276 g/mol. The fourth-order valence-electron chi connectivity index (χ4n) is 1.28. The number of ether oxygens (including phenoxy) is 1. The van der Waals surface area contributed by atoms with Crippen LogP contribution in [-0.2, 0) is 4.79 Å². The summed E-state index contributed by atoms with van der Waals surface area (Å²) in [5.41, 5.74) is 0.543. The minimum absolute atomic E-state index is 0.0689. The highest BCUT2D eigenvalue weighted by molar-refractivity contribution is 5.80. The van der Waals surface area contributed by atoms with Crippen LogP contribution in [0.5, 0.6) is 5.75 Å². The maximum absolute atomic E-state index is 11.9. The van der Waals surface area contributed by atoms with Gasteiger partial charge in [-0.1, -0.05) is 6.92 Å². The molecule has 7 heteroatoms. The maximum Gasteiger partial charge on any atom is 0.573 e. The molecule has 19 heavy (non-hydrogen) atoms. The highest BCUT2D eigenvalue weighted by Crippen LogP contribution is 2.23. The topological polar surface area (TPSA) is 50.4 Å². The van der Waals surface area contributed by atoms with Crippen LogP contribution in [0.1, 0.15) is 13.3 Å². The van der Waals surface area contributed by atoms with Gasteiger partial charge in [-0.25, -0.2) is 0 Å². The summed E-state index contributed by atoms with van der Waals surface area (Å²) in [5, 5.41) is 5.46. The largest absolute Gasteiger partial charge is 0.573 e. The predicted molar refractivity (Wildman–Crippen MR) is 64.9 cm³/mol. The van der Waals surface area contributed by atoms with Gasteiger partial charge in [0.15, 0.2) is 0 Å². The number of rotatable bonds is 6. The number of alkyl halides is 3. The van der Waals surface area contributed by atoms with Gasteiger partial charge in [-0.15, -0.1) is 13.2 Å². The highest BCUT2D eigenvalue weighted by Gasteiger charge is 2.30. The molecule has 4 nitrogen and oxygen atoms in total. The molecule has 1 rings (SSSR count). The zero-order chi connectivity index (χ0) is 14.3. The van der Waals surface area contributed by atoms with Crippen molar-refractivity contribution in [3.05, 3.63) is 24.3 Å². The van der Waals surface area contributed by atoms with Gasteiger partial charge in [0.25, 0.3) is 0 Å². The SMILES string of the molecule is CCCNC(=O)CNc1ccc(OC(F)(F)F)cc1. The molecule has 1 aromatic rings. The van der Waals surface area contributed by atoms with Gasteiger partial charge in [0.05, 0.1) is 6.54 Å². The molecule has 0 saturated carbocycles. The van der Waals surface area contributed by atoms with Crippen molar-refractivity contribution in [2.24, 2.45) is 0 Å². The van der Waals surface area contributed by atoms with E-state index in [0.717, 1.165) is 6.42 Å². The van der Waals surface area contributed by atoms with E-state index in [1.807, 2.05) is 6.92 Å². The van der Waals surface area contributed by atoms with E-state index in [0.29, 0.717) is 12.2 Å². The lowest BCUT2D eigenvalue weighted by molar-refractivity contribution is -0.274. The molecule has 0 bridgehead atoms. The van der Waals surface area contributed by atoms with Crippen LogP contribution in [0.15, 0.2) is 24.3 Å². The van der Waals surface area contributed by atoms with Crippen molar-refractivity contribution in [1.29, 1.82) is 0 Å². The van der Waals surface area contributed by atoms with Crippen LogP contribution in [0.4, 0.5) is 18.9 Å². The first-order chi connectivity index (χ1) is 8.90. The third-order valence-electron chi connectivity index (χ3n) is 2.11. The summed E-state index contributed by atoms with van der Waals surface area (Å²) in [5.74, 6) is -0.467. The van der Waals surface area contributed by atoms with Gasteiger partial charge in [-0.05, 0) is 30.7 Å². The predicted octanol–water partition coefficient (Wildman–Crippen LogP) is 2.52. The van der Waals surface area contributed by atoms with Gasteiger partial charge in [-0.3, -0.25) is 4.79 Å². The van der Waals surface area contributed by atoms with Crippen LogP contribution in [0.25, 0.3) is 0 Å². The number of carbonyl (C=O) groups is 1. The van der Waals surface area contributed by atoms with Gasteiger partial charge >= 0.3 is 6.36 Å². The summed E-state index contributed by atoms with van der Waals surface area (Å²) >= 11 is 0. The molecular formula is C12H15F3N2O2. The maximum atomic E-state index is 11.9. The summed E-state index contributed by atoms with van der Waals surface area (Å²) in [6.45, 7) is 2.60. The number of halogens is 3. The second-order valence-corrected chi connectivity index (χ2v) is 3.78. The second kappa shape index (κ2) is 6.86. The van der Waals surface area contributed by atoms with Crippen molar-refractivity contribution in [2.75, 3.05) is 18.4 Å². The van der Waals surface area contributed by atoms with Gasteiger partial charge in [-0.2, -0.15) is 0 Å². The first-order valence-corrected chi connectivity index (χ1v) is 5.77. The normalized spacial score (nSPS) is 10.9. The molecule has 1 amide bonds. The third kappa shape index (κ3) is 6.54. The second-order valence-electron chi connectivity index (χ2n) is 3.78. The Kier molecular flexibility index (Phi) is 5.47. The summed E-state index contributed by atoms with van der Waals surface area (Å²) in [6.07, 6.45) is -3.86. The molecule has 0 aromatic heterocycles. The average molecular weight is 276 g/mol. The van der Waals surface area contributed by atoms with Crippen LogP contribution in [-0.4, -0.2) is 25.4 Å². The van der Waals surface area contributed by atoms with E-state index in [4.69, 9.17) is 0 Å². The zero-order valence-electron chi connectivity index (χ0n) is 10.4. The molecule has 0 radical (unpaired) electrons. The first kappa shape index (κ1) is 15.1. The van der Waals surface area contributed by atoms with Crippen LogP contribution in [0, 0.1) is 0 Å². The van der Waals surface area contributed by atoms with E-state index in [1.54, 1.807) is 0 Å². The van der Waals surface area contributed by atoms with E-state index in [1.165, 1.54) is 24.3 Å². The molecule has 0 heterocycles. The molecule has 2 N–H and O–H groups in total. The number of amides is 1. The Morgan fingerprint density at radius 2 is 1.89 bits per heavy atom. The Morgan fingerprint density at radius 1 is 1.26 bits per heavy atom. The van der Waals surface area contributed by atoms with Crippen molar-refractivity contribution in [1.82, 2.24) is 5.32 Å². The summed E-state index contributed by atoms with van der Waals surface area (Å²) in [4.78, 5) is 11.3. The summed E-state index contributed by atoms with van der Waals surface area (Å²) < 4.78 is 39.5. The molecule has 0 saturated heterocycles. The van der Waals surface area contributed by atoms with E-state index in [9.17, 15) is 18.0 Å². The quantitative estimate of drug-likeness (QED) is 0.839. The average Bonchev–Trinajstić information content (AvgIpc) is 2.33. The minimum Gasteiger partial charge on any atom is -0.406 e. The van der Waals surface area contributed by atoms with Crippen LogP contribution < -0.4 is 15.4 Å². The Morgan fingerprint density at radius 3 is 2.42 bits per heavy atom. The molecule has 106 valence electrons. The highest BCUT2D eigenvalue weighted by atomic mass is 19.4. The lowest BCUT2D eigenvalue weighted by Gasteiger charge is -2.10. The number of nitrogens with one attached hydrogen (secondary N) is 2. The Hall–Kier alpha value is -1.92. The van der Waals surface area contributed by atoms with Crippen molar-refractivity contribution in [2.45, 2.75) is 19.7 Å². The third-order valence-corrected chi connectivity index (χ3v) is 2.11. The lowest BCUT2D eigenvalue weighted by Crippen LogP contribution is -2.30. The molecule has 0 unspecified atom stereocenters. The van der Waals surface area contributed by atoms with E-state index in [2.05, 4.69) is 15.4 Å². The van der Waals surface area contributed by atoms with Crippen molar-refractivity contribution in [3.8, 4) is 5.75 Å². The first-order valence-electron chi connectivity index (χ1n) is 5.77. The lowest BCUT2D eigenvalue weighted by atomic mass is 10.3. The van der Waals surface area contributed by atoms with Crippen LogP contribution >= 0.6 is 0 Å². The fraction of sp³-hybridized carbons (Fsp3) is 0.417. The summed E-state index contributed by atoms with van der Waals surface area (Å²) in [6, 6.07) is 5.18. The fourth-order valence-corrected chi connectivity index (χ4v) is 1.28. The molecule has 0 aliphatic rings. The van der Waals surface area contributed by atoms with Gasteiger partial charge in [0, 0.05) is 12.2 Å². The van der Waals surface area contributed by atoms with Crippen molar-refractivity contribution < 1.29 is 22.7 Å². The molecular weight excluding hydrogens is 261 g/mol. The summed E-state index contributed by atoms with van der Waals surface area (Å²) in [7, 11) is 0. The number of anilines is 1. The number of hydrogen-bond donors (Lipinski definition) is 2. The van der Waals surface area contributed by atoms with Crippen molar-refractivity contribution >= 4 is 11.6 Å². The number of carbonyl (C=O) groups excluding carboxylic acids is 1. The molecule has 0 fully saturated rings. The van der Waals surface area contributed by atoms with Crippen molar-refractivity contribution in [3.63, 3.8) is 0 Å². The van der Waals surface area contributed by atoms with Gasteiger partial charge in [0.1, 0.15) is 5.75 Å². The zero-order valence-corrected chi connectivity index (χ0v) is 10.4. The van der Waals surface area contributed by atoms with E-state index < -0.39 is 6.36 Å². The molecule has 1 aromatic carbocycles. The van der Waals surface area contributed by atoms with Crippen LogP contribution in [0.2, 0.25) is 0 Å². The Bertz CT molecular complexity index is 404. The molecule has 0 spiro atoms. The molecule has 0 aliphatic heterocycles. The number of benzene rings is 1. The van der Waals surface area contributed by atoms with Gasteiger partial charge < -0.3 is 15.4 Å². The Balaban J connectivity index is 2.42. The Labute approximate surface area is 108 Å². The smallest absolute Gasteiger partial charge is 0.406 e. The minimum atomic E-state index is -4.70. The van der Waals surface area contributed by atoms with Crippen LogP contribution in [0.3, 0.4) is 0 Å². The standard InChI is InChI=1S/C12H15F3N2O2/c1-2-7-16-11(18)8-17-9-3-5-10(6-4-9)19-12(13,14)15/h3-6,17H,2,7-8H2,1H3,(H,16,18).